The molecule has 1 aromatic rings. The van der Waals surface area contributed by atoms with E-state index >= 15 is 0 Å². The van der Waals surface area contributed by atoms with Crippen molar-refractivity contribution in [1.82, 2.24) is 4.98 Å². The normalized spacial score (nSPS) is 18.3. The molecule has 1 heterocycles. The summed E-state index contributed by atoms with van der Waals surface area (Å²) >= 11 is 1.47. The quantitative estimate of drug-likeness (QED) is 0.868. The van der Waals surface area contributed by atoms with Crippen LogP contribution in [0.5, 0.6) is 0 Å². The number of rotatable bonds is 2. The van der Waals surface area contributed by atoms with Gasteiger partial charge in [0.1, 0.15) is 5.60 Å². The van der Waals surface area contributed by atoms with Crippen molar-refractivity contribution in [2.24, 2.45) is 5.73 Å². The predicted octanol–water partition coefficient (Wildman–Crippen LogP) is 3.92. The number of aryl methyl sites for hydroxylation is 1. The summed E-state index contributed by atoms with van der Waals surface area (Å²) in [5.41, 5.74) is 6.67. The molecule has 0 atom stereocenters. The minimum absolute atomic E-state index is 0.284. The molecule has 1 aromatic heterocycles. The molecule has 0 spiro atoms. The van der Waals surface area contributed by atoms with Crippen LogP contribution in [0.3, 0.4) is 0 Å². The van der Waals surface area contributed by atoms with Gasteiger partial charge in [0.05, 0.1) is 11.2 Å². The van der Waals surface area contributed by atoms with Gasteiger partial charge in [-0.05, 0) is 40.5 Å². The molecule has 5 nitrogen and oxygen atoms in total. The molecule has 0 radical (unpaired) electrons. The fraction of sp³-hybridized carbons (Fsp3) is 0.733. The van der Waals surface area contributed by atoms with Crippen LogP contribution in [0.15, 0.2) is 0 Å². The van der Waals surface area contributed by atoms with Crippen molar-refractivity contribution in [3.8, 4) is 0 Å². The number of amides is 1. The van der Waals surface area contributed by atoms with Crippen molar-refractivity contribution < 1.29 is 9.53 Å². The lowest BCUT2D eigenvalue weighted by molar-refractivity contribution is 0.0636. The number of nitrogens with zero attached hydrogens (tertiary/aromatic N) is 1. The Kier molecular flexibility index (Phi) is 4.58. The Hall–Kier alpha value is -1.14. The van der Waals surface area contributed by atoms with Crippen LogP contribution >= 0.6 is 11.3 Å². The first-order valence-corrected chi connectivity index (χ1v) is 8.28. The van der Waals surface area contributed by atoms with E-state index in [1.54, 1.807) is 0 Å². The first kappa shape index (κ1) is 16.2. The highest BCUT2D eigenvalue weighted by atomic mass is 32.1. The van der Waals surface area contributed by atoms with E-state index in [-0.39, 0.29) is 5.54 Å². The Morgan fingerprint density at radius 2 is 1.95 bits per heavy atom. The van der Waals surface area contributed by atoms with Gasteiger partial charge in [-0.3, -0.25) is 5.32 Å². The second kappa shape index (κ2) is 5.93. The smallest absolute Gasteiger partial charge is 0.413 e. The van der Waals surface area contributed by atoms with E-state index in [2.05, 4.69) is 10.3 Å². The molecule has 118 valence electrons. The molecule has 1 fully saturated rings. The molecule has 2 rings (SSSR count). The van der Waals surface area contributed by atoms with Gasteiger partial charge < -0.3 is 10.5 Å². The third kappa shape index (κ3) is 4.17. The van der Waals surface area contributed by atoms with Gasteiger partial charge in [-0.1, -0.05) is 30.6 Å². The monoisotopic (exact) mass is 311 g/mol. The highest BCUT2D eigenvalue weighted by Gasteiger charge is 2.33. The molecule has 21 heavy (non-hydrogen) atoms. The van der Waals surface area contributed by atoms with E-state index in [1.165, 1.54) is 17.8 Å². The molecule has 6 heteroatoms. The molecular weight excluding hydrogens is 286 g/mol. The number of ether oxygens (including phenoxy) is 1. The van der Waals surface area contributed by atoms with Crippen molar-refractivity contribution in [2.45, 2.75) is 70.9 Å². The van der Waals surface area contributed by atoms with Crippen molar-refractivity contribution in [2.75, 3.05) is 5.32 Å². The second-order valence-corrected chi connectivity index (χ2v) is 7.78. The van der Waals surface area contributed by atoms with Crippen molar-refractivity contribution in [3.63, 3.8) is 0 Å². The highest BCUT2D eigenvalue weighted by molar-refractivity contribution is 7.16. The number of nitrogens with one attached hydrogen (secondary N) is 1. The Morgan fingerprint density at radius 3 is 2.52 bits per heavy atom. The zero-order valence-corrected chi connectivity index (χ0v) is 14.1. The van der Waals surface area contributed by atoms with Gasteiger partial charge in [0.15, 0.2) is 5.13 Å². The van der Waals surface area contributed by atoms with Gasteiger partial charge in [-0.15, -0.1) is 0 Å². The van der Waals surface area contributed by atoms with E-state index in [4.69, 9.17) is 10.5 Å². The van der Waals surface area contributed by atoms with Crippen LogP contribution in [0.25, 0.3) is 0 Å². The predicted molar refractivity (Wildman–Crippen MR) is 85.7 cm³/mol. The summed E-state index contributed by atoms with van der Waals surface area (Å²) in [5.74, 6) is 0. The molecule has 0 aromatic carbocycles. The van der Waals surface area contributed by atoms with Crippen LogP contribution in [0.4, 0.5) is 9.93 Å². The van der Waals surface area contributed by atoms with Crippen LogP contribution in [-0.2, 0) is 10.3 Å². The number of nitrogens with two attached hydrogens (primary N) is 1. The molecule has 0 aliphatic heterocycles. The van der Waals surface area contributed by atoms with Crippen molar-refractivity contribution in [1.29, 1.82) is 0 Å². The summed E-state index contributed by atoms with van der Waals surface area (Å²) in [6.45, 7) is 7.46. The molecular formula is C15H25N3O2S. The van der Waals surface area contributed by atoms with Crippen LogP contribution in [0.1, 0.15) is 63.4 Å². The molecule has 1 saturated carbocycles. The van der Waals surface area contributed by atoms with E-state index in [9.17, 15) is 4.79 Å². The van der Waals surface area contributed by atoms with E-state index in [0.717, 1.165) is 36.3 Å². The third-order valence-corrected chi connectivity index (χ3v) is 4.90. The summed E-state index contributed by atoms with van der Waals surface area (Å²) in [6, 6.07) is 0. The Morgan fingerprint density at radius 1 is 1.33 bits per heavy atom. The number of carbonyl (C=O) groups excluding carboxylic acids is 1. The maximum Gasteiger partial charge on any atom is 0.413 e. The summed E-state index contributed by atoms with van der Waals surface area (Å²) < 4.78 is 5.25. The summed E-state index contributed by atoms with van der Waals surface area (Å²) in [6.07, 6.45) is 5.06. The van der Waals surface area contributed by atoms with Gasteiger partial charge >= 0.3 is 6.09 Å². The fourth-order valence-corrected chi connectivity index (χ4v) is 3.82. The molecule has 0 unspecified atom stereocenters. The number of hydrogen-bond donors (Lipinski definition) is 2. The topological polar surface area (TPSA) is 77.2 Å². The summed E-state index contributed by atoms with van der Waals surface area (Å²) in [7, 11) is 0. The minimum atomic E-state index is -0.516. The Balaban J connectivity index is 2.10. The fourth-order valence-electron chi connectivity index (χ4n) is 2.71. The van der Waals surface area contributed by atoms with E-state index in [1.807, 2.05) is 27.7 Å². The number of hydrogen-bond acceptors (Lipinski definition) is 5. The van der Waals surface area contributed by atoms with Gasteiger partial charge in [0, 0.05) is 4.88 Å². The average molecular weight is 311 g/mol. The number of thiazole rings is 1. The third-order valence-electron chi connectivity index (χ3n) is 3.60. The molecule has 0 saturated heterocycles. The van der Waals surface area contributed by atoms with E-state index in [0.29, 0.717) is 5.13 Å². The van der Waals surface area contributed by atoms with Gasteiger partial charge in [-0.25, -0.2) is 9.78 Å². The van der Waals surface area contributed by atoms with Crippen molar-refractivity contribution >= 4 is 22.6 Å². The number of anilines is 1. The molecule has 1 aliphatic carbocycles. The SMILES string of the molecule is Cc1nc(NC(=O)OC(C)(C)C)sc1C1(N)CCCCC1. The Labute approximate surface area is 130 Å². The second-order valence-electron chi connectivity index (χ2n) is 6.78. The summed E-state index contributed by atoms with van der Waals surface area (Å²) in [4.78, 5) is 17.3. The maximum absolute atomic E-state index is 11.8. The maximum atomic E-state index is 11.8. The van der Waals surface area contributed by atoms with Crippen LogP contribution in [0, 0.1) is 6.92 Å². The molecule has 0 bridgehead atoms. The lowest BCUT2D eigenvalue weighted by atomic mass is 9.81. The lowest BCUT2D eigenvalue weighted by Crippen LogP contribution is -2.38. The van der Waals surface area contributed by atoms with Gasteiger partial charge in [0.2, 0.25) is 0 Å². The first-order valence-electron chi connectivity index (χ1n) is 7.46. The van der Waals surface area contributed by atoms with Gasteiger partial charge in [-0.2, -0.15) is 0 Å². The van der Waals surface area contributed by atoms with Gasteiger partial charge in [0.25, 0.3) is 0 Å². The molecule has 3 N–H and O–H groups in total. The largest absolute Gasteiger partial charge is 0.444 e. The van der Waals surface area contributed by atoms with Crippen LogP contribution in [-0.4, -0.2) is 16.7 Å². The average Bonchev–Trinajstić information content (AvgIpc) is 2.69. The standard InChI is InChI=1S/C15H25N3O2S/c1-10-11(15(16)8-6-5-7-9-15)21-12(17-10)18-13(19)20-14(2,3)4/h5-9,16H2,1-4H3,(H,17,18,19). The highest BCUT2D eigenvalue weighted by Crippen LogP contribution is 2.40. The van der Waals surface area contributed by atoms with Crippen LogP contribution in [0.2, 0.25) is 0 Å². The summed E-state index contributed by atoms with van der Waals surface area (Å²) in [5, 5.41) is 3.27. The molecule has 1 aliphatic rings. The first-order chi connectivity index (χ1) is 9.70. The zero-order valence-electron chi connectivity index (χ0n) is 13.3. The number of aromatic nitrogens is 1. The van der Waals surface area contributed by atoms with E-state index < -0.39 is 11.7 Å². The Bertz CT molecular complexity index is 513. The number of carbonyl (C=O) groups is 1. The van der Waals surface area contributed by atoms with Crippen LogP contribution < -0.4 is 11.1 Å². The lowest BCUT2D eigenvalue weighted by Gasteiger charge is -2.32. The molecule has 1 amide bonds. The zero-order chi connectivity index (χ0) is 15.7. The van der Waals surface area contributed by atoms with Crippen molar-refractivity contribution in [3.05, 3.63) is 10.6 Å². The minimum Gasteiger partial charge on any atom is -0.444 e.